The highest BCUT2D eigenvalue weighted by Crippen LogP contribution is 2.25. The van der Waals surface area contributed by atoms with Gasteiger partial charge in [0.2, 0.25) is 0 Å². The van der Waals surface area contributed by atoms with Gasteiger partial charge in [0.05, 0.1) is 6.61 Å². The van der Waals surface area contributed by atoms with Gasteiger partial charge in [-0.2, -0.15) is 0 Å². The van der Waals surface area contributed by atoms with Gasteiger partial charge in [-0.3, -0.25) is 0 Å². The number of para-hydroxylation sites is 2. The number of oxazole rings is 1. The first kappa shape index (κ1) is 11.1. The van der Waals surface area contributed by atoms with Crippen LogP contribution in [0.3, 0.4) is 0 Å². The second kappa shape index (κ2) is 4.67. The number of hydrogen-bond acceptors (Lipinski definition) is 3. The molecule has 2 heterocycles. The first-order valence-electron chi connectivity index (χ1n) is 5.89. The summed E-state index contributed by atoms with van der Waals surface area (Å²) in [6.07, 6.45) is 1.71. The molecule has 90 valence electrons. The molecule has 2 unspecified atom stereocenters. The SMILES string of the molecule is ClC(Cc1nc2ccccc2o1)C1CCOC1. The van der Waals surface area contributed by atoms with Crippen molar-refractivity contribution in [1.82, 2.24) is 4.98 Å². The summed E-state index contributed by atoms with van der Waals surface area (Å²) in [7, 11) is 0. The lowest BCUT2D eigenvalue weighted by atomic mass is 10.0. The van der Waals surface area contributed by atoms with E-state index in [4.69, 9.17) is 20.8 Å². The summed E-state index contributed by atoms with van der Waals surface area (Å²) in [5.74, 6) is 1.14. The minimum Gasteiger partial charge on any atom is -0.441 e. The predicted octanol–water partition coefficient (Wildman–Crippen LogP) is 3.01. The number of rotatable bonds is 3. The molecule has 17 heavy (non-hydrogen) atoms. The molecule has 1 aliphatic rings. The van der Waals surface area contributed by atoms with Crippen LogP contribution >= 0.6 is 11.6 Å². The molecule has 1 saturated heterocycles. The minimum absolute atomic E-state index is 0.0468. The Morgan fingerprint density at radius 2 is 2.29 bits per heavy atom. The van der Waals surface area contributed by atoms with Gasteiger partial charge in [0.25, 0.3) is 0 Å². The van der Waals surface area contributed by atoms with E-state index in [9.17, 15) is 0 Å². The van der Waals surface area contributed by atoms with Gasteiger partial charge in [-0.1, -0.05) is 12.1 Å². The molecule has 0 spiro atoms. The van der Waals surface area contributed by atoms with Crippen molar-refractivity contribution in [2.24, 2.45) is 5.92 Å². The number of alkyl halides is 1. The van der Waals surface area contributed by atoms with E-state index in [1.165, 1.54) is 0 Å². The van der Waals surface area contributed by atoms with E-state index >= 15 is 0 Å². The van der Waals surface area contributed by atoms with E-state index in [-0.39, 0.29) is 5.38 Å². The summed E-state index contributed by atoms with van der Waals surface area (Å²) in [4.78, 5) is 4.43. The van der Waals surface area contributed by atoms with Crippen molar-refractivity contribution in [2.45, 2.75) is 18.2 Å². The summed E-state index contributed by atoms with van der Waals surface area (Å²) >= 11 is 6.37. The molecule has 0 amide bonds. The van der Waals surface area contributed by atoms with Gasteiger partial charge < -0.3 is 9.15 Å². The maximum atomic E-state index is 6.37. The molecule has 3 rings (SSSR count). The number of nitrogens with zero attached hydrogens (tertiary/aromatic N) is 1. The summed E-state index contributed by atoms with van der Waals surface area (Å²) in [6, 6.07) is 7.77. The second-order valence-electron chi connectivity index (χ2n) is 4.42. The van der Waals surface area contributed by atoms with Gasteiger partial charge in [0.1, 0.15) is 5.52 Å². The number of ether oxygens (including phenoxy) is 1. The molecule has 1 aliphatic heterocycles. The standard InChI is InChI=1S/C13H14ClNO2/c14-10(9-5-6-16-8-9)7-13-15-11-3-1-2-4-12(11)17-13/h1-4,9-10H,5-8H2. The fourth-order valence-corrected chi connectivity index (χ4v) is 2.51. The average Bonchev–Trinajstić information content (AvgIpc) is 2.97. The summed E-state index contributed by atoms with van der Waals surface area (Å²) in [5, 5.41) is 0.0468. The van der Waals surface area contributed by atoms with Crippen LogP contribution in [0.25, 0.3) is 11.1 Å². The fraction of sp³-hybridized carbons (Fsp3) is 0.462. The molecule has 0 saturated carbocycles. The van der Waals surface area contributed by atoms with Gasteiger partial charge >= 0.3 is 0 Å². The Morgan fingerprint density at radius 3 is 3.06 bits per heavy atom. The van der Waals surface area contributed by atoms with Gasteiger partial charge in [-0.05, 0) is 18.6 Å². The first-order valence-corrected chi connectivity index (χ1v) is 6.33. The van der Waals surface area contributed by atoms with Crippen molar-refractivity contribution in [2.75, 3.05) is 13.2 Å². The number of halogens is 1. The van der Waals surface area contributed by atoms with Crippen molar-refractivity contribution in [3.05, 3.63) is 30.2 Å². The minimum atomic E-state index is 0.0468. The van der Waals surface area contributed by atoms with Gasteiger partial charge in [-0.15, -0.1) is 11.6 Å². The summed E-state index contributed by atoms with van der Waals surface area (Å²) in [6.45, 7) is 1.58. The smallest absolute Gasteiger partial charge is 0.196 e. The zero-order chi connectivity index (χ0) is 11.7. The molecule has 0 aliphatic carbocycles. The number of benzene rings is 1. The van der Waals surface area contributed by atoms with Crippen molar-refractivity contribution in [1.29, 1.82) is 0 Å². The third-order valence-electron chi connectivity index (χ3n) is 3.18. The van der Waals surface area contributed by atoms with Crippen LogP contribution in [0.2, 0.25) is 0 Å². The lowest BCUT2D eigenvalue weighted by molar-refractivity contribution is 0.184. The lowest BCUT2D eigenvalue weighted by Crippen LogP contribution is -2.17. The largest absolute Gasteiger partial charge is 0.441 e. The second-order valence-corrected chi connectivity index (χ2v) is 4.98. The molecule has 1 fully saturated rings. The third kappa shape index (κ3) is 2.31. The van der Waals surface area contributed by atoms with Crippen LogP contribution in [-0.4, -0.2) is 23.6 Å². The molecule has 4 heteroatoms. The van der Waals surface area contributed by atoms with Crippen LogP contribution in [-0.2, 0) is 11.2 Å². The quantitative estimate of drug-likeness (QED) is 0.787. The fourth-order valence-electron chi connectivity index (χ4n) is 2.18. The normalized spacial score (nSPS) is 22.1. The zero-order valence-electron chi connectivity index (χ0n) is 9.43. The van der Waals surface area contributed by atoms with E-state index in [1.54, 1.807) is 0 Å². The van der Waals surface area contributed by atoms with E-state index in [0.29, 0.717) is 12.3 Å². The highest BCUT2D eigenvalue weighted by molar-refractivity contribution is 6.20. The van der Waals surface area contributed by atoms with Gasteiger partial charge in [-0.25, -0.2) is 4.98 Å². The maximum Gasteiger partial charge on any atom is 0.196 e. The zero-order valence-corrected chi connectivity index (χ0v) is 10.2. The highest BCUT2D eigenvalue weighted by Gasteiger charge is 2.25. The van der Waals surface area contributed by atoms with Crippen molar-refractivity contribution >= 4 is 22.7 Å². The molecular formula is C13H14ClNO2. The molecule has 0 N–H and O–H groups in total. The molecule has 0 bridgehead atoms. The van der Waals surface area contributed by atoms with Crippen LogP contribution in [0.4, 0.5) is 0 Å². The molecule has 1 aromatic carbocycles. The monoisotopic (exact) mass is 251 g/mol. The Morgan fingerprint density at radius 1 is 1.41 bits per heavy atom. The van der Waals surface area contributed by atoms with E-state index < -0.39 is 0 Å². The molecule has 3 nitrogen and oxygen atoms in total. The molecule has 0 radical (unpaired) electrons. The Kier molecular flexibility index (Phi) is 3.04. The van der Waals surface area contributed by atoms with Crippen LogP contribution in [0.1, 0.15) is 12.3 Å². The van der Waals surface area contributed by atoms with Crippen molar-refractivity contribution in [3.8, 4) is 0 Å². The highest BCUT2D eigenvalue weighted by atomic mass is 35.5. The first-order chi connectivity index (χ1) is 8.33. The third-order valence-corrected chi connectivity index (χ3v) is 3.69. The Labute approximate surface area is 105 Å². The number of hydrogen-bond donors (Lipinski definition) is 0. The molecule has 2 atom stereocenters. The topological polar surface area (TPSA) is 35.3 Å². The lowest BCUT2D eigenvalue weighted by Gasteiger charge is -2.12. The van der Waals surface area contributed by atoms with E-state index in [0.717, 1.165) is 36.6 Å². The summed E-state index contributed by atoms with van der Waals surface area (Å²) in [5.41, 5.74) is 1.73. The van der Waals surface area contributed by atoms with E-state index in [1.807, 2.05) is 24.3 Å². The molecular weight excluding hydrogens is 238 g/mol. The number of fused-ring (bicyclic) bond motifs is 1. The van der Waals surface area contributed by atoms with Crippen LogP contribution in [0.5, 0.6) is 0 Å². The van der Waals surface area contributed by atoms with Gasteiger partial charge in [0.15, 0.2) is 11.5 Å². The van der Waals surface area contributed by atoms with Crippen LogP contribution in [0.15, 0.2) is 28.7 Å². The predicted molar refractivity (Wildman–Crippen MR) is 66.3 cm³/mol. The van der Waals surface area contributed by atoms with Crippen LogP contribution in [0, 0.1) is 5.92 Å². The number of aromatic nitrogens is 1. The van der Waals surface area contributed by atoms with Gasteiger partial charge in [0, 0.05) is 24.3 Å². The Bertz CT molecular complexity index is 472. The average molecular weight is 252 g/mol. The summed E-state index contributed by atoms with van der Waals surface area (Å²) < 4.78 is 11.0. The molecule has 1 aromatic heterocycles. The maximum absolute atomic E-state index is 6.37. The van der Waals surface area contributed by atoms with Crippen molar-refractivity contribution in [3.63, 3.8) is 0 Å². The van der Waals surface area contributed by atoms with E-state index in [2.05, 4.69) is 4.98 Å². The van der Waals surface area contributed by atoms with Crippen LogP contribution < -0.4 is 0 Å². The Hall–Kier alpha value is -1.06. The molecule has 2 aromatic rings. The Balaban J connectivity index is 1.75. The van der Waals surface area contributed by atoms with Crippen molar-refractivity contribution < 1.29 is 9.15 Å².